The predicted molar refractivity (Wildman–Crippen MR) is 122 cm³/mol. The smallest absolute Gasteiger partial charge is 0.328 e. The molecule has 3 aromatic rings. The summed E-state index contributed by atoms with van der Waals surface area (Å²) in [6, 6.07) is 14.2. The van der Waals surface area contributed by atoms with Crippen LogP contribution in [0.1, 0.15) is 38.1 Å². The number of benzene rings is 2. The minimum Gasteiger partial charge on any atom is -0.490 e. The molecule has 31 heavy (non-hydrogen) atoms. The number of rotatable bonds is 8. The summed E-state index contributed by atoms with van der Waals surface area (Å²) >= 11 is 1.57. The highest BCUT2D eigenvalue weighted by Gasteiger charge is 2.25. The largest absolute Gasteiger partial charge is 0.490 e. The summed E-state index contributed by atoms with van der Waals surface area (Å²) in [4.78, 5) is 25.2. The number of fused-ring (bicyclic) bond motifs is 1. The van der Waals surface area contributed by atoms with Crippen LogP contribution in [0.3, 0.4) is 0 Å². The van der Waals surface area contributed by atoms with Crippen LogP contribution in [-0.2, 0) is 9.53 Å². The van der Waals surface area contributed by atoms with Gasteiger partial charge in [0.15, 0.2) is 0 Å². The van der Waals surface area contributed by atoms with Crippen LogP contribution in [0.5, 0.6) is 11.5 Å². The molecule has 3 rings (SSSR count). The maximum absolute atomic E-state index is 12.9. The zero-order chi connectivity index (χ0) is 22.4. The number of hydrogen-bond acceptors (Lipinski definition) is 6. The van der Waals surface area contributed by atoms with E-state index in [4.69, 9.17) is 14.2 Å². The molecule has 0 aliphatic rings. The average Bonchev–Trinajstić information content (AvgIpc) is 3.19. The minimum absolute atomic E-state index is 0.270. The van der Waals surface area contributed by atoms with E-state index in [-0.39, 0.29) is 6.61 Å². The fourth-order valence-electron chi connectivity index (χ4n) is 2.90. The van der Waals surface area contributed by atoms with Crippen molar-refractivity contribution in [2.45, 2.75) is 39.3 Å². The van der Waals surface area contributed by atoms with E-state index in [9.17, 15) is 9.59 Å². The Morgan fingerprint density at radius 2 is 1.71 bits per heavy atom. The maximum Gasteiger partial charge on any atom is 0.328 e. The second-order valence-electron chi connectivity index (χ2n) is 8.01. The summed E-state index contributed by atoms with van der Waals surface area (Å²) in [5.41, 5.74) is -0.264. The number of esters is 1. The molecule has 0 saturated carbocycles. The lowest BCUT2D eigenvalue weighted by Crippen LogP contribution is -2.42. The van der Waals surface area contributed by atoms with E-state index in [1.807, 2.05) is 47.8 Å². The first-order chi connectivity index (χ1) is 14.7. The van der Waals surface area contributed by atoms with Crippen molar-refractivity contribution in [2.75, 3.05) is 13.2 Å². The molecule has 164 valence electrons. The van der Waals surface area contributed by atoms with Crippen molar-refractivity contribution >= 4 is 33.3 Å². The summed E-state index contributed by atoms with van der Waals surface area (Å²) in [5, 5.41) is 5.51. The molecule has 0 bridgehead atoms. The standard InChI is InChI=1S/C24H27NO5S/c1-16(23(27)30-24(2,3)4)25-22(26)19-10-11-20-18(12-15-31-20)21(19)29-14-13-28-17-8-6-5-7-9-17/h5-12,15-16H,13-14H2,1-4H3,(H,25,26). The van der Waals surface area contributed by atoms with Crippen LogP contribution in [0.15, 0.2) is 53.9 Å². The Balaban J connectivity index is 1.71. The van der Waals surface area contributed by atoms with Crippen molar-refractivity contribution in [3.05, 3.63) is 59.5 Å². The highest BCUT2D eigenvalue weighted by molar-refractivity contribution is 7.17. The van der Waals surface area contributed by atoms with E-state index in [0.29, 0.717) is 17.9 Å². The number of thiophene rings is 1. The molecule has 0 radical (unpaired) electrons. The first kappa shape index (κ1) is 22.6. The van der Waals surface area contributed by atoms with Crippen LogP contribution in [0.25, 0.3) is 10.1 Å². The molecule has 0 fully saturated rings. The van der Waals surface area contributed by atoms with Crippen molar-refractivity contribution in [1.29, 1.82) is 0 Å². The van der Waals surface area contributed by atoms with Crippen molar-refractivity contribution in [2.24, 2.45) is 0 Å². The molecule has 1 unspecified atom stereocenters. The molecule has 1 amide bonds. The fraction of sp³-hybridized carbons (Fsp3) is 0.333. The normalized spacial score (nSPS) is 12.3. The Bertz CT molecular complexity index is 1040. The number of carbonyl (C=O) groups excluding carboxylic acids is 2. The third kappa shape index (κ3) is 6.21. The maximum atomic E-state index is 12.9. The molecule has 1 atom stereocenters. The third-order valence-corrected chi connectivity index (χ3v) is 5.16. The van der Waals surface area contributed by atoms with Crippen LogP contribution in [0.2, 0.25) is 0 Å². The predicted octanol–water partition coefficient (Wildman–Crippen LogP) is 4.82. The molecular formula is C24H27NO5S. The lowest BCUT2D eigenvalue weighted by molar-refractivity contribution is -0.156. The highest BCUT2D eigenvalue weighted by atomic mass is 32.1. The minimum atomic E-state index is -0.792. The number of amides is 1. The number of carbonyl (C=O) groups is 2. The van der Waals surface area contributed by atoms with Crippen molar-refractivity contribution in [3.8, 4) is 11.5 Å². The Labute approximate surface area is 186 Å². The van der Waals surface area contributed by atoms with Crippen molar-refractivity contribution in [3.63, 3.8) is 0 Å². The Morgan fingerprint density at radius 3 is 2.42 bits per heavy atom. The molecule has 1 N–H and O–H groups in total. The van der Waals surface area contributed by atoms with Gasteiger partial charge in [-0.25, -0.2) is 4.79 Å². The number of ether oxygens (including phenoxy) is 3. The fourth-order valence-corrected chi connectivity index (χ4v) is 3.68. The molecule has 0 aliphatic heterocycles. The van der Waals surface area contributed by atoms with Crippen molar-refractivity contribution < 1.29 is 23.8 Å². The van der Waals surface area contributed by atoms with E-state index in [1.165, 1.54) is 0 Å². The van der Waals surface area contributed by atoms with Crippen LogP contribution >= 0.6 is 11.3 Å². The number of para-hydroxylation sites is 1. The van der Waals surface area contributed by atoms with Gasteiger partial charge in [-0.2, -0.15) is 0 Å². The lowest BCUT2D eigenvalue weighted by Gasteiger charge is -2.23. The lowest BCUT2D eigenvalue weighted by atomic mass is 10.1. The second kappa shape index (κ2) is 9.83. The highest BCUT2D eigenvalue weighted by Crippen LogP contribution is 2.33. The zero-order valence-electron chi connectivity index (χ0n) is 18.1. The van der Waals surface area contributed by atoms with Crippen LogP contribution in [-0.4, -0.2) is 36.7 Å². The Morgan fingerprint density at radius 1 is 1.00 bits per heavy atom. The van der Waals surface area contributed by atoms with E-state index in [2.05, 4.69) is 5.32 Å². The summed E-state index contributed by atoms with van der Waals surface area (Å²) in [6.45, 7) is 7.56. The molecule has 6 nitrogen and oxygen atoms in total. The number of nitrogens with one attached hydrogen (secondary N) is 1. The molecule has 0 saturated heterocycles. The molecule has 2 aromatic carbocycles. The SMILES string of the molecule is CC(NC(=O)c1ccc2sccc2c1OCCOc1ccccc1)C(=O)OC(C)(C)C. The van der Waals surface area contributed by atoms with Gasteiger partial charge in [0.05, 0.1) is 5.56 Å². The summed E-state index contributed by atoms with van der Waals surface area (Å²) in [5.74, 6) is 0.343. The molecule has 7 heteroatoms. The van der Waals surface area contributed by atoms with Gasteiger partial charge in [-0.15, -0.1) is 11.3 Å². The molecule has 0 spiro atoms. The second-order valence-corrected chi connectivity index (χ2v) is 8.96. The van der Waals surface area contributed by atoms with E-state index in [1.54, 1.807) is 45.1 Å². The van der Waals surface area contributed by atoms with Gasteiger partial charge in [0.2, 0.25) is 0 Å². The van der Waals surface area contributed by atoms with Crippen LogP contribution in [0.4, 0.5) is 0 Å². The van der Waals surface area contributed by atoms with E-state index in [0.717, 1.165) is 15.8 Å². The monoisotopic (exact) mass is 441 g/mol. The zero-order valence-corrected chi connectivity index (χ0v) is 19.0. The van der Waals surface area contributed by atoms with Gasteiger partial charge >= 0.3 is 5.97 Å². The van der Waals surface area contributed by atoms with Gasteiger partial charge in [0.1, 0.15) is 36.4 Å². The molecule has 1 heterocycles. The van der Waals surface area contributed by atoms with E-state index >= 15 is 0 Å². The van der Waals surface area contributed by atoms with Crippen molar-refractivity contribution in [1.82, 2.24) is 5.32 Å². The third-order valence-electron chi connectivity index (χ3n) is 4.28. The van der Waals surface area contributed by atoms with Gasteiger partial charge in [-0.3, -0.25) is 4.79 Å². The summed E-state index contributed by atoms with van der Waals surface area (Å²) < 4.78 is 18.0. The van der Waals surface area contributed by atoms with Gasteiger partial charge in [0.25, 0.3) is 5.91 Å². The summed E-state index contributed by atoms with van der Waals surface area (Å²) in [7, 11) is 0. The average molecular weight is 442 g/mol. The Hall–Kier alpha value is -3.06. The van der Waals surface area contributed by atoms with Gasteiger partial charge < -0.3 is 19.5 Å². The first-order valence-electron chi connectivity index (χ1n) is 10.1. The summed E-state index contributed by atoms with van der Waals surface area (Å²) in [6.07, 6.45) is 0. The molecule has 1 aromatic heterocycles. The molecular weight excluding hydrogens is 414 g/mol. The quantitative estimate of drug-likeness (QED) is 0.401. The Kier molecular flexibility index (Phi) is 7.17. The van der Waals surface area contributed by atoms with E-state index < -0.39 is 23.5 Å². The first-order valence-corrected chi connectivity index (χ1v) is 11.0. The van der Waals surface area contributed by atoms with Crippen LogP contribution in [0, 0.1) is 0 Å². The topological polar surface area (TPSA) is 73.9 Å². The van der Waals surface area contributed by atoms with Gasteiger partial charge in [-0.1, -0.05) is 18.2 Å². The van der Waals surface area contributed by atoms with Gasteiger partial charge in [0, 0.05) is 10.1 Å². The number of hydrogen-bond donors (Lipinski definition) is 1. The van der Waals surface area contributed by atoms with Gasteiger partial charge in [-0.05, 0) is 63.4 Å². The molecule has 0 aliphatic carbocycles. The van der Waals surface area contributed by atoms with Crippen LogP contribution < -0.4 is 14.8 Å².